The summed E-state index contributed by atoms with van der Waals surface area (Å²) < 4.78 is 0. The van der Waals surface area contributed by atoms with Crippen LogP contribution in [0.3, 0.4) is 0 Å². The Morgan fingerprint density at radius 2 is 1.96 bits per heavy atom. The van der Waals surface area contributed by atoms with Crippen LogP contribution < -0.4 is 4.90 Å². The first-order chi connectivity index (χ1) is 12.1. The lowest BCUT2D eigenvalue weighted by atomic mass is 9.85. The molecule has 0 bridgehead atoms. The van der Waals surface area contributed by atoms with Crippen molar-refractivity contribution in [3.05, 3.63) is 29.8 Å². The molecule has 2 heterocycles. The van der Waals surface area contributed by atoms with Crippen molar-refractivity contribution < 1.29 is 14.7 Å². The minimum atomic E-state index is -0.780. The third kappa shape index (κ3) is 2.84. The van der Waals surface area contributed by atoms with Crippen molar-refractivity contribution in [1.29, 1.82) is 0 Å². The van der Waals surface area contributed by atoms with Crippen LogP contribution in [-0.2, 0) is 16.0 Å². The van der Waals surface area contributed by atoms with Crippen LogP contribution in [0, 0.1) is 5.92 Å². The number of fused-ring (bicyclic) bond motifs is 2. The summed E-state index contributed by atoms with van der Waals surface area (Å²) in [6.45, 7) is 2.29. The predicted octanol–water partition coefficient (Wildman–Crippen LogP) is 2.68. The van der Waals surface area contributed by atoms with Crippen LogP contribution in [0.2, 0.25) is 0 Å². The number of carboxylic acid groups (broad SMARTS) is 1. The smallest absolute Gasteiger partial charge is 0.320 e. The van der Waals surface area contributed by atoms with Gasteiger partial charge in [-0.15, -0.1) is 0 Å². The Bertz CT molecular complexity index is 689. The summed E-state index contributed by atoms with van der Waals surface area (Å²) >= 11 is 0. The molecule has 1 aliphatic carbocycles. The van der Waals surface area contributed by atoms with E-state index in [1.54, 1.807) is 0 Å². The van der Waals surface area contributed by atoms with Crippen LogP contribution in [-0.4, -0.2) is 46.6 Å². The Kier molecular flexibility index (Phi) is 4.28. The molecule has 0 spiro atoms. The van der Waals surface area contributed by atoms with E-state index in [2.05, 4.69) is 13.0 Å². The Morgan fingerprint density at radius 1 is 1.20 bits per heavy atom. The zero-order valence-electron chi connectivity index (χ0n) is 14.7. The van der Waals surface area contributed by atoms with Crippen LogP contribution in [0.15, 0.2) is 24.3 Å². The van der Waals surface area contributed by atoms with Gasteiger partial charge in [-0.05, 0) is 50.2 Å². The van der Waals surface area contributed by atoms with Gasteiger partial charge in [0.1, 0.15) is 6.04 Å². The maximum atomic E-state index is 13.1. The lowest BCUT2D eigenvalue weighted by Gasteiger charge is -2.34. The van der Waals surface area contributed by atoms with Gasteiger partial charge in [-0.25, -0.2) is 0 Å². The second-order valence-electron chi connectivity index (χ2n) is 7.82. The highest BCUT2D eigenvalue weighted by molar-refractivity contribution is 5.97. The van der Waals surface area contributed by atoms with Crippen LogP contribution in [0.4, 0.5) is 5.69 Å². The quantitative estimate of drug-likeness (QED) is 0.917. The zero-order chi connectivity index (χ0) is 17.6. The highest BCUT2D eigenvalue weighted by atomic mass is 16.4. The van der Waals surface area contributed by atoms with Gasteiger partial charge in [0.2, 0.25) is 5.91 Å². The van der Waals surface area contributed by atoms with Crippen molar-refractivity contribution in [1.82, 2.24) is 4.90 Å². The highest BCUT2D eigenvalue weighted by Gasteiger charge is 2.46. The van der Waals surface area contributed by atoms with Gasteiger partial charge < -0.3 is 10.0 Å². The monoisotopic (exact) mass is 342 g/mol. The summed E-state index contributed by atoms with van der Waals surface area (Å²) in [7, 11) is 0. The van der Waals surface area contributed by atoms with Gasteiger partial charge in [0.05, 0.1) is 6.54 Å². The van der Waals surface area contributed by atoms with E-state index in [1.807, 2.05) is 28.0 Å². The molecule has 1 amide bonds. The second kappa shape index (κ2) is 6.45. The van der Waals surface area contributed by atoms with Gasteiger partial charge in [-0.3, -0.25) is 14.5 Å². The number of hydrogen-bond donors (Lipinski definition) is 1. The largest absolute Gasteiger partial charge is 0.480 e. The standard InChI is InChI=1S/C20H26N2O3/c1-13-10-14-6-3-5-9-17(14)22(13)19(23)12-21-16-8-4-2-7-15(16)11-18(21)20(24)25/h3,5-6,9,13,15-16,18H,2,4,7-8,10-12H2,1H3,(H,24,25)/t13-,15-,16+,18+/m1/s1. The summed E-state index contributed by atoms with van der Waals surface area (Å²) in [5, 5.41) is 9.65. The lowest BCUT2D eigenvalue weighted by molar-refractivity contribution is -0.143. The molecule has 2 aliphatic heterocycles. The molecule has 1 aromatic carbocycles. The summed E-state index contributed by atoms with van der Waals surface area (Å²) in [5.74, 6) is -0.307. The van der Waals surface area contributed by atoms with Gasteiger partial charge in [0.25, 0.3) is 0 Å². The molecule has 3 aliphatic rings. The molecule has 5 heteroatoms. The van der Waals surface area contributed by atoms with E-state index in [0.717, 1.165) is 31.4 Å². The average molecular weight is 342 g/mol. The maximum absolute atomic E-state index is 13.1. The molecule has 5 nitrogen and oxygen atoms in total. The number of likely N-dealkylation sites (tertiary alicyclic amines) is 1. The van der Waals surface area contributed by atoms with E-state index in [9.17, 15) is 14.7 Å². The molecular weight excluding hydrogens is 316 g/mol. The van der Waals surface area contributed by atoms with Gasteiger partial charge in [-0.1, -0.05) is 31.0 Å². The molecule has 4 rings (SSSR count). The van der Waals surface area contributed by atoms with E-state index in [-0.39, 0.29) is 24.5 Å². The van der Waals surface area contributed by atoms with Gasteiger partial charge in [-0.2, -0.15) is 0 Å². The number of anilines is 1. The van der Waals surface area contributed by atoms with E-state index in [0.29, 0.717) is 12.3 Å². The normalized spacial score (nSPS) is 31.6. The van der Waals surface area contributed by atoms with Gasteiger partial charge in [0.15, 0.2) is 0 Å². The molecule has 0 aromatic heterocycles. The second-order valence-corrected chi connectivity index (χ2v) is 7.82. The van der Waals surface area contributed by atoms with Crippen molar-refractivity contribution >= 4 is 17.6 Å². The average Bonchev–Trinajstić information content (AvgIpc) is 3.12. The van der Waals surface area contributed by atoms with E-state index >= 15 is 0 Å². The Balaban J connectivity index is 1.56. The summed E-state index contributed by atoms with van der Waals surface area (Å²) in [5.41, 5.74) is 2.20. The van der Waals surface area contributed by atoms with Crippen molar-refractivity contribution in [3.63, 3.8) is 0 Å². The molecule has 1 saturated carbocycles. The number of amides is 1. The van der Waals surface area contributed by atoms with Crippen LogP contribution in [0.1, 0.15) is 44.6 Å². The molecular formula is C20H26N2O3. The minimum absolute atomic E-state index is 0.0370. The molecule has 2 fully saturated rings. The van der Waals surface area contributed by atoms with E-state index < -0.39 is 12.0 Å². The van der Waals surface area contributed by atoms with Crippen molar-refractivity contribution in [2.75, 3.05) is 11.4 Å². The number of para-hydroxylation sites is 1. The number of carboxylic acids is 1. The zero-order valence-corrected chi connectivity index (χ0v) is 14.7. The van der Waals surface area contributed by atoms with E-state index in [1.165, 1.54) is 12.0 Å². The maximum Gasteiger partial charge on any atom is 0.320 e. The number of nitrogens with zero attached hydrogens (tertiary/aromatic N) is 2. The molecule has 25 heavy (non-hydrogen) atoms. The number of benzene rings is 1. The van der Waals surface area contributed by atoms with Crippen molar-refractivity contribution in [3.8, 4) is 0 Å². The molecule has 1 saturated heterocycles. The number of carbonyl (C=O) groups is 2. The first-order valence-corrected chi connectivity index (χ1v) is 9.44. The number of rotatable bonds is 3. The lowest BCUT2D eigenvalue weighted by Crippen LogP contribution is -2.49. The Hall–Kier alpha value is -1.88. The molecule has 1 N–H and O–H groups in total. The van der Waals surface area contributed by atoms with Gasteiger partial charge in [0, 0.05) is 17.8 Å². The molecule has 0 radical (unpaired) electrons. The van der Waals surface area contributed by atoms with E-state index in [4.69, 9.17) is 0 Å². The van der Waals surface area contributed by atoms with Gasteiger partial charge >= 0.3 is 5.97 Å². The SMILES string of the molecule is C[C@@H]1Cc2ccccc2N1C(=O)CN1[C@H](C(=O)O)C[C@H]2CCCC[C@@H]21. The topological polar surface area (TPSA) is 60.9 Å². The summed E-state index contributed by atoms with van der Waals surface area (Å²) in [4.78, 5) is 28.7. The molecule has 4 atom stereocenters. The van der Waals surface area contributed by atoms with Crippen molar-refractivity contribution in [2.24, 2.45) is 5.92 Å². The molecule has 134 valence electrons. The summed E-state index contributed by atoms with van der Waals surface area (Å²) in [6, 6.07) is 7.93. The highest BCUT2D eigenvalue weighted by Crippen LogP contribution is 2.40. The minimum Gasteiger partial charge on any atom is -0.480 e. The first kappa shape index (κ1) is 16.6. The van der Waals surface area contributed by atoms with Crippen LogP contribution in [0.5, 0.6) is 0 Å². The number of aliphatic carboxylic acids is 1. The first-order valence-electron chi connectivity index (χ1n) is 9.44. The summed E-state index contributed by atoms with van der Waals surface area (Å²) in [6.07, 6.45) is 6.01. The predicted molar refractivity (Wildman–Crippen MR) is 95.6 cm³/mol. The van der Waals surface area contributed by atoms with Crippen LogP contribution >= 0.6 is 0 Å². The number of hydrogen-bond acceptors (Lipinski definition) is 3. The fourth-order valence-corrected chi connectivity index (χ4v) is 5.20. The fraction of sp³-hybridized carbons (Fsp3) is 0.600. The Morgan fingerprint density at radius 3 is 2.76 bits per heavy atom. The van der Waals surface area contributed by atoms with Crippen molar-refractivity contribution in [2.45, 2.75) is 63.6 Å². The number of carbonyl (C=O) groups excluding carboxylic acids is 1. The molecule has 1 aromatic rings. The third-order valence-electron chi connectivity index (χ3n) is 6.30. The fourth-order valence-electron chi connectivity index (χ4n) is 5.20. The molecule has 0 unspecified atom stereocenters. The third-order valence-corrected chi connectivity index (χ3v) is 6.30. The van der Waals surface area contributed by atoms with Crippen LogP contribution in [0.25, 0.3) is 0 Å². The Labute approximate surface area is 148 Å².